The molecule has 0 aliphatic heterocycles. The first-order valence-electron chi connectivity index (χ1n) is 6.83. The fraction of sp³-hybridized carbons (Fsp3) is 0.571. The van der Waals surface area contributed by atoms with E-state index >= 15 is 0 Å². The number of aryl methyl sites for hydroxylation is 1. The molecule has 0 radical (unpaired) electrons. The van der Waals surface area contributed by atoms with Crippen molar-refractivity contribution in [2.24, 2.45) is 5.92 Å². The lowest BCUT2D eigenvalue weighted by molar-refractivity contribution is 0.439. The lowest BCUT2D eigenvalue weighted by atomic mass is 10.2. The van der Waals surface area contributed by atoms with Gasteiger partial charge in [-0.05, 0) is 25.8 Å². The number of anilines is 1. The quantitative estimate of drug-likeness (QED) is 0.869. The lowest BCUT2D eigenvalue weighted by Crippen LogP contribution is -2.17. The molecule has 2 heterocycles. The largest absolute Gasteiger partial charge is 0.355 e. The fourth-order valence-electron chi connectivity index (χ4n) is 2.05. The van der Waals surface area contributed by atoms with Crippen LogP contribution in [-0.4, -0.2) is 25.9 Å². The predicted molar refractivity (Wildman–Crippen MR) is 77.2 cm³/mol. The molecule has 0 amide bonds. The Labute approximate surface area is 114 Å². The van der Waals surface area contributed by atoms with Crippen molar-refractivity contribution in [1.82, 2.24) is 19.3 Å². The van der Waals surface area contributed by atoms with Crippen LogP contribution in [0.25, 0.3) is 0 Å². The van der Waals surface area contributed by atoms with Crippen LogP contribution in [0.5, 0.6) is 0 Å². The van der Waals surface area contributed by atoms with Crippen molar-refractivity contribution >= 4 is 5.95 Å². The lowest BCUT2D eigenvalue weighted by Gasteiger charge is -2.17. The van der Waals surface area contributed by atoms with Gasteiger partial charge in [0.25, 0.3) is 0 Å². The van der Waals surface area contributed by atoms with Gasteiger partial charge in [0, 0.05) is 25.1 Å². The van der Waals surface area contributed by atoms with E-state index in [9.17, 15) is 0 Å². The van der Waals surface area contributed by atoms with Gasteiger partial charge in [-0.15, -0.1) is 0 Å². The number of hydrogen-bond acceptors (Lipinski definition) is 3. The molecule has 2 rings (SSSR count). The third-order valence-electron chi connectivity index (χ3n) is 3.01. The highest BCUT2D eigenvalue weighted by Gasteiger charge is 2.12. The van der Waals surface area contributed by atoms with Crippen molar-refractivity contribution in [1.29, 1.82) is 0 Å². The highest BCUT2D eigenvalue weighted by molar-refractivity contribution is 5.29. The summed E-state index contributed by atoms with van der Waals surface area (Å²) in [5.74, 6) is 1.55. The van der Waals surface area contributed by atoms with E-state index in [4.69, 9.17) is 0 Å². The summed E-state index contributed by atoms with van der Waals surface area (Å²) in [7, 11) is 0. The molecule has 0 aliphatic rings. The molecule has 0 saturated heterocycles. The van der Waals surface area contributed by atoms with Gasteiger partial charge in [0.2, 0.25) is 5.95 Å². The molecule has 0 aromatic carbocycles. The Morgan fingerprint density at radius 3 is 2.74 bits per heavy atom. The van der Waals surface area contributed by atoms with Gasteiger partial charge >= 0.3 is 0 Å². The van der Waals surface area contributed by atoms with Crippen LogP contribution >= 0.6 is 0 Å². The first-order chi connectivity index (χ1) is 9.06. The van der Waals surface area contributed by atoms with Gasteiger partial charge in [-0.2, -0.15) is 5.10 Å². The number of imidazole rings is 1. The van der Waals surface area contributed by atoms with Gasteiger partial charge in [-0.25, -0.2) is 4.98 Å². The molecule has 0 aliphatic carbocycles. The third-order valence-corrected chi connectivity index (χ3v) is 3.01. The number of hydrogen-bond donors (Lipinski definition) is 1. The van der Waals surface area contributed by atoms with Crippen molar-refractivity contribution in [3.63, 3.8) is 0 Å². The SMILES string of the molecule is Cc1cn(C(C)Cn2cccn2)c(NCC(C)C)n1. The molecule has 2 aromatic rings. The molecule has 19 heavy (non-hydrogen) atoms. The maximum absolute atomic E-state index is 4.56. The van der Waals surface area contributed by atoms with E-state index in [1.54, 1.807) is 0 Å². The topological polar surface area (TPSA) is 47.7 Å². The normalized spacial score (nSPS) is 12.9. The van der Waals surface area contributed by atoms with Crippen LogP contribution < -0.4 is 5.32 Å². The van der Waals surface area contributed by atoms with Gasteiger partial charge in [-0.1, -0.05) is 13.8 Å². The second kappa shape index (κ2) is 5.91. The molecule has 2 aromatic heterocycles. The standard InChI is InChI=1S/C14H23N5/c1-11(2)8-15-14-17-12(3)9-19(14)13(4)10-18-7-5-6-16-18/h5-7,9,11,13H,8,10H2,1-4H3,(H,15,17). The van der Waals surface area contributed by atoms with Crippen LogP contribution in [0.15, 0.2) is 24.7 Å². The Morgan fingerprint density at radius 1 is 1.32 bits per heavy atom. The number of rotatable bonds is 6. The maximum atomic E-state index is 4.56. The van der Waals surface area contributed by atoms with Gasteiger partial charge in [0.05, 0.1) is 18.3 Å². The molecular formula is C14H23N5. The zero-order valence-corrected chi connectivity index (χ0v) is 12.2. The Morgan fingerprint density at radius 2 is 2.11 bits per heavy atom. The highest BCUT2D eigenvalue weighted by atomic mass is 15.3. The monoisotopic (exact) mass is 261 g/mol. The molecule has 5 nitrogen and oxygen atoms in total. The molecular weight excluding hydrogens is 238 g/mol. The molecule has 0 saturated carbocycles. The van der Waals surface area contributed by atoms with Crippen molar-refractivity contribution in [2.45, 2.75) is 40.3 Å². The van der Waals surface area contributed by atoms with Crippen molar-refractivity contribution < 1.29 is 0 Å². The molecule has 0 fully saturated rings. The van der Waals surface area contributed by atoms with Crippen LogP contribution in [0.3, 0.4) is 0 Å². The van der Waals surface area contributed by atoms with Crippen LogP contribution in [0.2, 0.25) is 0 Å². The van der Waals surface area contributed by atoms with E-state index in [0.717, 1.165) is 24.7 Å². The minimum absolute atomic E-state index is 0.316. The average molecular weight is 261 g/mol. The first-order valence-corrected chi connectivity index (χ1v) is 6.83. The summed E-state index contributed by atoms with van der Waals surface area (Å²) in [5, 5.41) is 7.67. The number of nitrogens with one attached hydrogen (secondary N) is 1. The van der Waals surface area contributed by atoms with Crippen molar-refractivity contribution in [3.8, 4) is 0 Å². The number of nitrogens with zero attached hydrogens (tertiary/aromatic N) is 4. The van der Waals surface area contributed by atoms with Crippen molar-refractivity contribution in [3.05, 3.63) is 30.4 Å². The van der Waals surface area contributed by atoms with Crippen LogP contribution in [0, 0.1) is 12.8 Å². The zero-order chi connectivity index (χ0) is 13.8. The Hall–Kier alpha value is -1.78. The van der Waals surface area contributed by atoms with Crippen LogP contribution in [-0.2, 0) is 6.54 Å². The van der Waals surface area contributed by atoms with E-state index in [-0.39, 0.29) is 0 Å². The van der Waals surface area contributed by atoms with Gasteiger partial charge in [0.15, 0.2) is 0 Å². The third kappa shape index (κ3) is 3.59. The van der Waals surface area contributed by atoms with Gasteiger partial charge in [-0.3, -0.25) is 4.68 Å². The van der Waals surface area contributed by atoms with Gasteiger partial charge < -0.3 is 9.88 Å². The highest BCUT2D eigenvalue weighted by Crippen LogP contribution is 2.17. The van der Waals surface area contributed by atoms with Crippen LogP contribution in [0.4, 0.5) is 5.95 Å². The number of aromatic nitrogens is 4. The molecule has 0 spiro atoms. The molecule has 1 unspecified atom stereocenters. The first kappa shape index (κ1) is 13.6. The molecule has 104 valence electrons. The summed E-state index contributed by atoms with van der Waals surface area (Å²) in [5.41, 5.74) is 1.04. The van der Waals surface area contributed by atoms with E-state index in [1.807, 2.05) is 30.1 Å². The van der Waals surface area contributed by atoms with E-state index in [2.05, 4.69) is 46.9 Å². The minimum atomic E-state index is 0.316. The summed E-state index contributed by atoms with van der Waals surface area (Å²) in [6.07, 6.45) is 5.89. The van der Waals surface area contributed by atoms with Crippen molar-refractivity contribution in [2.75, 3.05) is 11.9 Å². The molecule has 0 bridgehead atoms. The fourth-order valence-corrected chi connectivity index (χ4v) is 2.05. The predicted octanol–water partition coefficient (Wildman–Crippen LogP) is 2.72. The van der Waals surface area contributed by atoms with E-state index in [1.165, 1.54) is 0 Å². The zero-order valence-electron chi connectivity index (χ0n) is 12.2. The summed E-state index contributed by atoms with van der Waals surface area (Å²) >= 11 is 0. The Bertz CT molecular complexity index is 498. The Balaban J connectivity index is 2.09. The maximum Gasteiger partial charge on any atom is 0.203 e. The molecule has 1 atom stereocenters. The average Bonchev–Trinajstić information content (AvgIpc) is 2.95. The molecule has 5 heteroatoms. The summed E-state index contributed by atoms with van der Waals surface area (Å²) in [6, 6.07) is 2.26. The molecule has 1 N–H and O–H groups in total. The summed E-state index contributed by atoms with van der Waals surface area (Å²) in [6.45, 7) is 10.4. The second-order valence-corrected chi connectivity index (χ2v) is 5.47. The van der Waals surface area contributed by atoms with E-state index in [0.29, 0.717) is 12.0 Å². The smallest absolute Gasteiger partial charge is 0.203 e. The van der Waals surface area contributed by atoms with Gasteiger partial charge in [0.1, 0.15) is 0 Å². The Kier molecular flexibility index (Phi) is 4.24. The summed E-state index contributed by atoms with van der Waals surface area (Å²) < 4.78 is 4.14. The van der Waals surface area contributed by atoms with E-state index < -0.39 is 0 Å². The summed E-state index contributed by atoms with van der Waals surface area (Å²) in [4.78, 5) is 4.56. The minimum Gasteiger partial charge on any atom is -0.355 e. The van der Waals surface area contributed by atoms with Crippen LogP contribution in [0.1, 0.15) is 32.5 Å². The second-order valence-electron chi connectivity index (χ2n) is 5.47.